The van der Waals surface area contributed by atoms with Crippen molar-refractivity contribution >= 4 is 12.3 Å². The van der Waals surface area contributed by atoms with Gasteiger partial charge in [-0.25, -0.2) is 9.48 Å². The molecule has 0 unspecified atom stereocenters. The Hall–Kier alpha value is -3.35. The number of aldehydes is 1. The molecule has 2 aromatic heterocycles. The second-order valence-corrected chi connectivity index (χ2v) is 4.45. The molecule has 22 heavy (non-hydrogen) atoms. The van der Waals surface area contributed by atoms with Crippen LogP contribution in [0.2, 0.25) is 0 Å². The van der Waals surface area contributed by atoms with E-state index >= 15 is 0 Å². The summed E-state index contributed by atoms with van der Waals surface area (Å²) in [5, 5.41) is 16.9. The van der Waals surface area contributed by atoms with Crippen molar-refractivity contribution in [2.75, 3.05) is 0 Å². The number of rotatable bonds is 4. The molecule has 0 saturated heterocycles. The number of hydrogen-bond acceptors (Lipinski definition) is 5. The van der Waals surface area contributed by atoms with E-state index in [4.69, 9.17) is 5.11 Å². The van der Waals surface area contributed by atoms with Gasteiger partial charge >= 0.3 is 5.97 Å². The van der Waals surface area contributed by atoms with E-state index in [1.165, 1.54) is 16.8 Å². The highest BCUT2D eigenvalue weighted by Gasteiger charge is 2.16. The van der Waals surface area contributed by atoms with Gasteiger partial charge in [0.2, 0.25) is 0 Å². The van der Waals surface area contributed by atoms with Gasteiger partial charge in [-0.05, 0) is 30.3 Å². The minimum Gasteiger partial charge on any atom is -0.478 e. The molecule has 0 amide bonds. The molecule has 0 bridgehead atoms. The van der Waals surface area contributed by atoms with Crippen molar-refractivity contribution in [1.29, 1.82) is 0 Å². The van der Waals surface area contributed by atoms with E-state index in [0.29, 0.717) is 23.2 Å². The Bertz CT molecular complexity index is 843. The molecule has 0 atom stereocenters. The normalized spacial score (nSPS) is 10.4. The first-order valence-electron chi connectivity index (χ1n) is 6.35. The Morgan fingerprint density at radius 2 is 2.09 bits per heavy atom. The van der Waals surface area contributed by atoms with E-state index in [1.807, 2.05) is 0 Å². The van der Waals surface area contributed by atoms with Crippen molar-refractivity contribution < 1.29 is 14.7 Å². The molecule has 7 heteroatoms. The van der Waals surface area contributed by atoms with Crippen LogP contribution in [0.1, 0.15) is 20.8 Å². The maximum Gasteiger partial charge on any atom is 0.335 e. The van der Waals surface area contributed by atoms with Gasteiger partial charge in [0.15, 0.2) is 12.0 Å². The van der Waals surface area contributed by atoms with Crippen molar-refractivity contribution in [3.05, 3.63) is 60.0 Å². The molecule has 3 rings (SSSR count). The van der Waals surface area contributed by atoms with E-state index in [2.05, 4.69) is 15.3 Å². The van der Waals surface area contributed by atoms with Crippen LogP contribution in [0.3, 0.4) is 0 Å². The van der Waals surface area contributed by atoms with Crippen molar-refractivity contribution in [3.8, 4) is 16.9 Å². The second-order valence-electron chi connectivity index (χ2n) is 4.45. The van der Waals surface area contributed by atoms with Crippen molar-refractivity contribution in [2.24, 2.45) is 0 Å². The van der Waals surface area contributed by atoms with E-state index in [-0.39, 0.29) is 11.3 Å². The van der Waals surface area contributed by atoms with Crippen LogP contribution in [0.15, 0.2) is 48.8 Å². The van der Waals surface area contributed by atoms with Gasteiger partial charge in [0.1, 0.15) is 5.69 Å². The third-order valence-corrected chi connectivity index (χ3v) is 3.08. The standard InChI is InChI=1S/C15H10N4O3/c20-9-13-14(11-4-2-6-16-8-11)19(18-17-13)12-5-1-3-10(7-12)15(21)22/h1-9H,(H,21,22). The molecule has 0 aliphatic heterocycles. The van der Waals surface area contributed by atoms with Crippen LogP contribution in [0.5, 0.6) is 0 Å². The molecular weight excluding hydrogens is 284 g/mol. The number of hydrogen-bond donors (Lipinski definition) is 1. The fraction of sp³-hybridized carbons (Fsp3) is 0. The number of carboxylic acid groups (broad SMARTS) is 1. The lowest BCUT2D eigenvalue weighted by Gasteiger charge is -2.07. The van der Waals surface area contributed by atoms with Crippen LogP contribution in [0.4, 0.5) is 0 Å². The van der Waals surface area contributed by atoms with Crippen molar-refractivity contribution in [3.63, 3.8) is 0 Å². The molecular formula is C15H10N4O3. The summed E-state index contributed by atoms with van der Waals surface area (Å²) < 4.78 is 1.42. The molecule has 0 saturated carbocycles. The minimum atomic E-state index is -1.04. The average molecular weight is 294 g/mol. The summed E-state index contributed by atoms with van der Waals surface area (Å²) in [5.41, 5.74) is 1.91. The van der Waals surface area contributed by atoms with E-state index in [1.54, 1.807) is 36.7 Å². The summed E-state index contributed by atoms with van der Waals surface area (Å²) in [6, 6.07) is 9.74. The van der Waals surface area contributed by atoms with Gasteiger partial charge < -0.3 is 5.11 Å². The molecule has 7 nitrogen and oxygen atoms in total. The molecule has 0 spiro atoms. The number of nitrogens with zero attached hydrogens (tertiary/aromatic N) is 4. The number of benzene rings is 1. The molecule has 0 aliphatic carbocycles. The van der Waals surface area contributed by atoms with Gasteiger partial charge in [-0.1, -0.05) is 11.3 Å². The zero-order chi connectivity index (χ0) is 15.5. The lowest BCUT2D eigenvalue weighted by Crippen LogP contribution is -2.03. The lowest BCUT2D eigenvalue weighted by atomic mass is 10.1. The molecule has 3 aromatic rings. The highest BCUT2D eigenvalue weighted by molar-refractivity contribution is 5.88. The quantitative estimate of drug-likeness (QED) is 0.737. The molecule has 1 aromatic carbocycles. The highest BCUT2D eigenvalue weighted by Crippen LogP contribution is 2.24. The molecule has 1 N–H and O–H groups in total. The minimum absolute atomic E-state index is 0.123. The fourth-order valence-electron chi connectivity index (χ4n) is 2.10. The lowest BCUT2D eigenvalue weighted by molar-refractivity contribution is 0.0696. The SMILES string of the molecule is O=Cc1nnn(-c2cccc(C(=O)O)c2)c1-c1cccnc1. The zero-order valence-corrected chi connectivity index (χ0v) is 11.2. The third-order valence-electron chi connectivity index (χ3n) is 3.08. The van der Waals surface area contributed by atoms with Crippen molar-refractivity contribution in [2.45, 2.75) is 0 Å². The second kappa shape index (κ2) is 5.57. The zero-order valence-electron chi connectivity index (χ0n) is 11.2. The summed E-state index contributed by atoms with van der Waals surface area (Å²) in [6.45, 7) is 0. The number of carbonyl (C=O) groups excluding carboxylic acids is 1. The number of aromatic carboxylic acids is 1. The smallest absolute Gasteiger partial charge is 0.335 e. The number of carbonyl (C=O) groups is 2. The first-order valence-corrected chi connectivity index (χ1v) is 6.35. The van der Waals surface area contributed by atoms with Gasteiger partial charge in [0, 0.05) is 18.0 Å². The summed E-state index contributed by atoms with van der Waals surface area (Å²) in [7, 11) is 0. The van der Waals surface area contributed by atoms with Gasteiger partial charge in [0.05, 0.1) is 11.3 Å². The number of pyridine rings is 1. The Morgan fingerprint density at radius 1 is 1.23 bits per heavy atom. The van der Waals surface area contributed by atoms with Crippen LogP contribution in [-0.2, 0) is 0 Å². The van der Waals surface area contributed by atoms with Gasteiger partial charge in [-0.15, -0.1) is 5.10 Å². The van der Waals surface area contributed by atoms with E-state index in [9.17, 15) is 9.59 Å². The average Bonchev–Trinajstić information content (AvgIpc) is 2.99. The summed E-state index contributed by atoms with van der Waals surface area (Å²) in [6.07, 6.45) is 3.80. The van der Waals surface area contributed by atoms with Crippen LogP contribution in [-0.4, -0.2) is 37.3 Å². The Balaban J connectivity index is 2.20. The molecule has 0 aliphatic rings. The highest BCUT2D eigenvalue weighted by atomic mass is 16.4. The Labute approximate surface area is 124 Å². The van der Waals surface area contributed by atoms with Crippen LogP contribution >= 0.6 is 0 Å². The molecule has 108 valence electrons. The predicted molar refractivity (Wildman–Crippen MR) is 76.9 cm³/mol. The first kappa shape index (κ1) is 13.6. The van der Waals surface area contributed by atoms with Crippen LogP contribution < -0.4 is 0 Å². The maximum atomic E-state index is 11.2. The van der Waals surface area contributed by atoms with Crippen LogP contribution in [0, 0.1) is 0 Å². The van der Waals surface area contributed by atoms with E-state index < -0.39 is 5.97 Å². The number of carboxylic acids is 1. The number of aromatic nitrogens is 4. The summed E-state index contributed by atoms with van der Waals surface area (Å²) in [4.78, 5) is 26.3. The summed E-state index contributed by atoms with van der Waals surface area (Å²) in [5.74, 6) is -1.04. The van der Waals surface area contributed by atoms with Gasteiger partial charge in [-0.2, -0.15) is 0 Å². The fourth-order valence-corrected chi connectivity index (χ4v) is 2.10. The largest absolute Gasteiger partial charge is 0.478 e. The summed E-state index contributed by atoms with van der Waals surface area (Å²) >= 11 is 0. The monoisotopic (exact) mass is 294 g/mol. The molecule has 0 fully saturated rings. The van der Waals surface area contributed by atoms with Gasteiger partial charge in [0.25, 0.3) is 0 Å². The molecule has 0 radical (unpaired) electrons. The Kier molecular flexibility index (Phi) is 3.45. The van der Waals surface area contributed by atoms with E-state index in [0.717, 1.165) is 0 Å². The first-order chi connectivity index (χ1) is 10.7. The topological polar surface area (TPSA) is 98.0 Å². The Morgan fingerprint density at radius 3 is 2.77 bits per heavy atom. The maximum absolute atomic E-state index is 11.2. The third kappa shape index (κ3) is 2.35. The predicted octanol–water partition coefficient (Wildman–Crippen LogP) is 1.84. The van der Waals surface area contributed by atoms with Crippen LogP contribution in [0.25, 0.3) is 16.9 Å². The van der Waals surface area contributed by atoms with Gasteiger partial charge in [-0.3, -0.25) is 9.78 Å². The molecule has 2 heterocycles. The van der Waals surface area contributed by atoms with Crippen molar-refractivity contribution in [1.82, 2.24) is 20.0 Å².